The van der Waals surface area contributed by atoms with Gasteiger partial charge in [0, 0.05) is 5.92 Å². The highest BCUT2D eigenvalue weighted by Crippen LogP contribution is 2.22. The van der Waals surface area contributed by atoms with Crippen LogP contribution in [0, 0.1) is 12.3 Å². The number of aryl methyl sites for hydroxylation is 1. The smallest absolute Gasteiger partial charge is 0.0449 e. The summed E-state index contributed by atoms with van der Waals surface area (Å²) >= 11 is 0. The molecule has 0 nitrogen and oxygen atoms in total. The van der Waals surface area contributed by atoms with E-state index in [0.29, 0.717) is 5.92 Å². The monoisotopic (exact) mass is 228 g/mol. The first kappa shape index (κ1) is 13.8. The predicted molar refractivity (Wildman–Crippen MR) is 76.2 cm³/mol. The molecule has 0 saturated carbocycles. The van der Waals surface area contributed by atoms with Gasteiger partial charge < -0.3 is 0 Å². The highest BCUT2D eigenvalue weighted by Gasteiger charge is 2.07. The maximum Gasteiger partial charge on any atom is 0.0449 e. The van der Waals surface area contributed by atoms with Crippen molar-refractivity contribution in [3.63, 3.8) is 0 Å². The van der Waals surface area contributed by atoms with E-state index in [1.807, 2.05) is 0 Å². The fraction of sp³-hybridized carbons (Fsp3) is 0.529. The van der Waals surface area contributed by atoms with E-state index in [1.165, 1.54) is 36.8 Å². The molecule has 0 bridgehead atoms. The number of unbranched alkanes of at least 4 members (excludes halogenated alkanes) is 2. The third-order valence-corrected chi connectivity index (χ3v) is 3.22. The van der Waals surface area contributed by atoms with Crippen molar-refractivity contribution < 1.29 is 0 Å². The van der Waals surface area contributed by atoms with Gasteiger partial charge in [0.15, 0.2) is 0 Å². The van der Waals surface area contributed by atoms with Crippen LogP contribution in [0.2, 0.25) is 0 Å². The van der Waals surface area contributed by atoms with Gasteiger partial charge in [-0.1, -0.05) is 69.7 Å². The van der Waals surface area contributed by atoms with Crippen molar-refractivity contribution in [1.29, 1.82) is 0 Å². The van der Waals surface area contributed by atoms with Gasteiger partial charge in [-0.25, -0.2) is 0 Å². The molecule has 0 fully saturated rings. The van der Waals surface area contributed by atoms with Gasteiger partial charge in [-0.15, -0.1) is 6.42 Å². The molecule has 0 N–H and O–H groups in total. The van der Waals surface area contributed by atoms with Crippen molar-refractivity contribution in [3.8, 4) is 12.3 Å². The van der Waals surface area contributed by atoms with Crippen molar-refractivity contribution >= 4 is 0 Å². The van der Waals surface area contributed by atoms with E-state index >= 15 is 0 Å². The van der Waals surface area contributed by atoms with Crippen LogP contribution in [0.25, 0.3) is 0 Å². The normalized spacial score (nSPS) is 12.1. The topological polar surface area (TPSA) is 0 Å². The molecule has 0 aromatic heterocycles. The molecule has 0 heteroatoms. The summed E-state index contributed by atoms with van der Waals surface area (Å²) in [5, 5.41) is 0. The van der Waals surface area contributed by atoms with Crippen LogP contribution in [0.3, 0.4) is 0 Å². The molecule has 0 spiro atoms. The van der Waals surface area contributed by atoms with E-state index in [9.17, 15) is 0 Å². The predicted octanol–water partition coefficient (Wildman–Crippen LogP) is 4.94. The van der Waals surface area contributed by atoms with E-state index in [4.69, 9.17) is 6.42 Å². The van der Waals surface area contributed by atoms with Crippen LogP contribution < -0.4 is 0 Å². The summed E-state index contributed by atoms with van der Waals surface area (Å²) in [5.41, 5.74) is 2.73. The summed E-state index contributed by atoms with van der Waals surface area (Å²) in [6.45, 7) is 4.44. The number of hydrogen-bond donors (Lipinski definition) is 0. The average molecular weight is 228 g/mol. The summed E-state index contributed by atoms with van der Waals surface area (Å²) in [6, 6.07) is 8.87. The summed E-state index contributed by atoms with van der Waals surface area (Å²) in [4.78, 5) is 0. The fourth-order valence-electron chi connectivity index (χ4n) is 2.15. The van der Waals surface area contributed by atoms with Gasteiger partial charge >= 0.3 is 0 Å². The minimum Gasteiger partial charge on any atom is -0.119 e. The molecule has 0 saturated heterocycles. The Morgan fingerprint density at radius 2 is 1.76 bits per heavy atom. The zero-order valence-electron chi connectivity index (χ0n) is 11.2. The van der Waals surface area contributed by atoms with Crippen molar-refractivity contribution in [1.82, 2.24) is 0 Å². The third kappa shape index (κ3) is 4.65. The molecule has 0 heterocycles. The van der Waals surface area contributed by atoms with Crippen LogP contribution in [0.15, 0.2) is 24.3 Å². The standard InChI is InChI=1S/C17H24/c1-4-7-8-10-16(6-3)17-13-11-15(9-5-2)12-14-17/h3,11-14,16H,4-5,7-10H2,1-2H3. The Morgan fingerprint density at radius 3 is 2.29 bits per heavy atom. The largest absolute Gasteiger partial charge is 0.119 e. The highest BCUT2D eigenvalue weighted by atomic mass is 14.1. The second-order valence-corrected chi connectivity index (χ2v) is 4.71. The van der Waals surface area contributed by atoms with Crippen molar-refractivity contribution in [3.05, 3.63) is 35.4 Å². The van der Waals surface area contributed by atoms with E-state index in [-0.39, 0.29) is 0 Å². The minimum atomic E-state index is 0.303. The summed E-state index contributed by atoms with van der Waals surface area (Å²) < 4.78 is 0. The van der Waals surface area contributed by atoms with Crippen LogP contribution in [-0.2, 0) is 6.42 Å². The maximum absolute atomic E-state index is 5.63. The number of rotatable bonds is 7. The van der Waals surface area contributed by atoms with E-state index < -0.39 is 0 Å². The molecular formula is C17H24. The first-order valence-corrected chi connectivity index (χ1v) is 6.86. The molecule has 1 atom stereocenters. The van der Waals surface area contributed by atoms with E-state index in [2.05, 4.69) is 44.0 Å². The first-order valence-electron chi connectivity index (χ1n) is 6.86. The van der Waals surface area contributed by atoms with Gasteiger partial charge in [-0.05, 0) is 24.0 Å². The molecule has 0 aliphatic rings. The highest BCUT2D eigenvalue weighted by molar-refractivity contribution is 5.30. The molecule has 92 valence electrons. The van der Waals surface area contributed by atoms with Crippen molar-refractivity contribution in [2.75, 3.05) is 0 Å². The minimum absolute atomic E-state index is 0.303. The molecule has 0 aliphatic carbocycles. The Labute approximate surface area is 106 Å². The fourth-order valence-corrected chi connectivity index (χ4v) is 2.15. The van der Waals surface area contributed by atoms with E-state index in [1.54, 1.807) is 0 Å². The number of benzene rings is 1. The third-order valence-electron chi connectivity index (χ3n) is 3.22. The summed E-state index contributed by atoms with van der Waals surface area (Å²) in [7, 11) is 0. The lowest BCUT2D eigenvalue weighted by atomic mass is 9.93. The molecule has 1 aromatic rings. The summed E-state index contributed by atoms with van der Waals surface area (Å²) in [5.74, 6) is 3.23. The SMILES string of the molecule is C#CC(CCCCC)c1ccc(CCC)cc1. The Morgan fingerprint density at radius 1 is 1.06 bits per heavy atom. The molecule has 0 aliphatic heterocycles. The van der Waals surface area contributed by atoms with E-state index in [0.717, 1.165) is 12.8 Å². The second kappa shape index (κ2) is 7.96. The van der Waals surface area contributed by atoms with Crippen molar-refractivity contribution in [2.45, 2.75) is 58.3 Å². The van der Waals surface area contributed by atoms with Crippen molar-refractivity contribution in [2.24, 2.45) is 0 Å². The van der Waals surface area contributed by atoms with Crippen LogP contribution >= 0.6 is 0 Å². The number of terminal acetylenes is 1. The zero-order valence-corrected chi connectivity index (χ0v) is 11.2. The lowest BCUT2D eigenvalue weighted by molar-refractivity contribution is 0.637. The summed E-state index contributed by atoms with van der Waals surface area (Å²) in [6.07, 6.45) is 12.9. The quantitative estimate of drug-likeness (QED) is 0.458. The van der Waals surface area contributed by atoms with Gasteiger partial charge in [-0.3, -0.25) is 0 Å². The molecule has 1 unspecified atom stereocenters. The molecule has 17 heavy (non-hydrogen) atoms. The Kier molecular flexibility index (Phi) is 6.48. The second-order valence-electron chi connectivity index (χ2n) is 4.71. The lowest BCUT2D eigenvalue weighted by Crippen LogP contribution is -1.96. The van der Waals surface area contributed by atoms with Crippen LogP contribution in [-0.4, -0.2) is 0 Å². The molecule has 0 amide bonds. The molecule has 0 radical (unpaired) electrons. The lowest BCUT2D eigenvalue weighted by Gasteiger charge is -2.11. The van der Waals surface area contributed by atoms with Gasteiger partial charge in [0.1, 0.15) is 0 Å². The Hall–Kier alpha value is -1.22. The molecule has 1 rings (SSSR count). The average Bonchev–Trinajstić information content (AvgIpc) is 2.36. The van der Waals surface area contributed by atoms with Gasteiger partial charge in [0.05, 0.1) is 0 Å². The number of hydrogen-bond acceptors (Lipinski definition) is 0. The van der Waals surface area contributed by atoms with Gasteiger partial charge in [-0.2, -0.15) is 0 Å². The van der Waals surface area contributed by atoms with Crippen LogP contribution in [0.1, 0.15) is 63.0 Å². The Balaban J connectivity index is 2.59. The zero-order chi connectivity index (χ0) is 12.5. The van der Waals surface area contributed by atoms with Crippen LogP contribution in [0.5, 0.6) is 0 Å². The molecule has 1 aromatic carbocycles. The van der Waals surface area contributed by atoms with Gasteiger partial charge in [0.2, 0.25) is 0 Å². The van der Waals surface area contributed by atoms with Crippen LogP contribution in [0.4, 0.5) is 0 Å². The first-order chi connectivity index (χ1) is 8.31. The maximum atomic E-state index is 5.63. The Bertz CT molecular complexity index is 339. The molecular weight excluding hydrogens is 204 g/mol. The van der Waals surface area contributed by atoms with Gasteiger partial charge in [0.25, 0.3) is 0 Å².